The van der Waals surface area contributed by atoms with E-state index in [-0.39, 0.29) is 0 Å². The summed E-state index contributed by atoms with van der Waals surface area (Å²) in [6, 6.07) is 8.46. The molecular weight excluding hydrogens is 252 g/mol. The third-order valence-electron chi connectivity index (χ3n) is 4.59. The van der Waals surface area contributed by atoms with Crippen LogP contribution >= 0.6 is 12.6 Å². The second-order valence-corrected chi connectivity index (χ2v) is 6.27. The molecule has 0 spiro atoms. The number of hydrogen-bond donors (Lipinski definition) is 1. The summed E-state index contributed by atoms with van der Waals surface area (Å²) < 4.78 is 2.40. The molecule has 0 saturated heterocycles. The molecule has 0 aliphatic heterocycles. The summed E-state index contributed by atoms with van der Waals surface area (Å²) in [5, 5.41) is 0. The number of aromatic nitrogens is 2. The number of nitrogens with zero attached hydrogens (tertiary/aromatic N) is 2. The molecule has 2 nitrogen and oxygen atoms in total. The minimum atomic E-state index is 0.371. The molecule has 2 aromatic rings. The second kappa shape index (κ2) is 5.20. The number of benzene rings is 1. The number of rotatable bonds is 3. The predicted octanol–water partition coefficient (Wildman–Crippen LogP) is 4.23. The SMILES string of the molecule is Cc1nc2ccccc2n1CC1(CS)CCCCC1. The van der Waals surface area contributed by atoms with Crippen molar-refractivity contribution in [1.82, 2.24) is 9.55 Å². The Labute approximate surface area is 120 Å². The molecule has 19 heavy (non-hydrogen) atoms. The molecule has 0 bridgehead atoms. The number of thiol groups is 1. The molecule has 1 saturated carbocycles. The van der Waals surface area contributed by atoms with Gasteiger partial charge in [0.1, 0.15) is 5.82 Å². The van der Waals surface area contributed by atoms with E-state index in [4.69, 9.17) is 0 Å². The number of aryl methyl sites for hydroxylation is 1. The molecule has 1 heterocycles. The monoisotopic (exact) mass is 274 g/mol. The van der Waals surface area contributed by atoms with Crippen LogP contribution in [-0.2, 0) is 6.54 Å². The Morgan fingerprint density at radius 1 is 1.21 bits per heavy atom. The number of imidazole rings is 1. The van der Waals surface area contributed by atoms with Gasteiger partial charge in [-0.15, -0.1) is 0 Å². The van der Waals surface area contributed by atoms with E-state index in [1.807, 2.05) is 0 Å². The molecule has 0 atom stereocenters. The average Bonchev–Trinajstić information content (AvgIpc) is 2.76. The van der Waals surface area contributed by atoms with Crippen LogP contribution in [0.5, 0.6) is 0 Å². The lowest BCUT2D eigenvalue weighted by molar-refractivity contribution is 0.191. The summed E-state index contributed by atoms with van der Waals surface area (Å²) in [6.07, 6.45) is 6.71. The summed E-state index contributed by atoms with van der Waals surface area (Å²) in [5.74, 6) is 2.12. The van der Waals surface area contributed by atoms with Crippen molar-refractivity contribution in [3.8, 4) is 0 Å². The highest BCUT2D eigenvalue weighted by atomic mass is 32.1. The first-order chi connectivity index (χ1) is 9.24. The van der Waals surface area contributed by atoms with Gasteiger partial charge in [-0.05, 0) is 43.1 Å². The Bertz CT molecular complexity index is 567. The molecular formula is C16H22N2S. The molecule has 3 heteroatoms. The minimum absolute atomic E-state index is 0.371. The quantitative estimate of drug-likeness (QED) is 0.829. The summed E-state index contributed by atoms with van der Waals surface area (Å²) in [7, 11) is 0. The van der Waals surface area contributed by atoms with E-state index in [9.17, 15) is 0 Å². The van der Waals surface area contributed by atoms with Crippen molar-refractivity contribution >= 4 is 23.7 Å². The van der Waals surface area contributed by atoms with Crippen LogP contribution in [-0.4, -0.2) is 15.3 Å². The van der Waals surface area contributed by atoms with Gasteiger partial charge in [-0.2, -0.15) is 12.6 Å². The Morgan fingerprint density at radius 2 is 1.95 bits per heavy atom. The molecule has 0 N–H and O–H groups in total. The van der Waals surface area contributed by atoms with Crippen molar-refractivity contribution in [2.24, 2.45) is 5.41 Å². The van der Waals surface area contributed by atoms with Crippen LogP contribution in [0, 0.1) is 12.3 Å². The third-order valence-corrected chi connectivity index (χ3v) is 5.26. The van der Waals surface area contributed by atoms with Crippen molar-refractivity contribution in [3.63, 3.8) is 0 Å². The van der Waals surface area contributed by atoms with Crippen LogP contribution in [0.15, 0.2) is 24.3 Å². The molecule has 0 unspecified atom stereocenters. The van der Waals surface area contributed by atoms with Gasteiger partial charge in [0.25, 0.3) is 0 Å². The van der Waals surface area contributed by atoms with Crippen LogP contribution < -0.4 is 0 Å². The fourth-order valence-corrected chi connectivity index (χ4v) is 3.82. The standard InChI is InChI=1S/C16H22N2S/c1-13-17-14-7-3-4-8-15(14)18(13)11-16(12-19)9-5-2-6-10-16/h3-4,7-8,19H,2,5-6,9-12H2,1H3. The summed E-state index contributed by atoms with van der Waals surface area (Å²) >= 11 is 4.66. The van der Waals surface area contributed by atoms with Gasteiger partial charge in [-0.3, -0.25) is 0 Å². The normalized spacial score (nSPS) is 18.8. The lowest BCUT2D eigenvalue weighted by Gasteiger charge is -2.36. The van der Waals surface area contributed by atoms with E-state index in [1.54, 1.807) is 0 Å². The van der Waals surface area contributed by atoms with E-state index < -0.39 is 0 Å². The highest BCUT2D eigenvalue weighted by Crippen LogP contribution is 2.39. The Morgan fingerprint density at radius 3 is 2.68 bits per heavy atom. The van der Waals surface area contributed by atoms with Crippen molar-refractivity contribution in [2.45, 2.75) is 45.6 Å². The zero-order chi connectivity index (χ0) is 13.3. The fraction of sp³-hybridized carbons (Fsp3) is 0.562. The minimum Gasteiger partial charge on any atom is -0.328 e. The van der Waals surface area contributed by atoms with Crippen LogP contribution in [0.25, 0.3) is 11.0 Å². The lowest BCUT2D eigenvalue weighted by Crippen LogP contribution is -2.31. The Kier molecular flexibility index (Phi) is 3.57. The van der Waals surface area contributed by atoms with Crippen LogP contribution in [0.4, 0.5) is 0 Å². The topological polar surface area (TPSA) is 17.8 Å². The number of hydrogen-bond acceptors (Lipinski definition) is 2. The molecule has 0 radical (unpaired) electrons. The van der Waals surface area contributed by atoms with Crippen molar-refractivity contribution in [1.29, 1.82) is 0 Å². The highest BCUT2D eigenvalue weighted by Gasteiger charge is 2.31. The Balaban J connectivity index is 1.97. The highest BCUT2D eigenvalue weighted by molar-refractivity contribution is 7.80. The summed E-state index contributed by atoms with van der Waals surface area (Å²) in [6.45, 7) is 3.19. The molecule has 0 amide bonds. The van der Waals surface area contributed by atoms with E-state index >= 15 is 0 Å². The zero-order valence-electron chi connectivity index (χ0n) is 11.6. The molecule has 3 rings (SSSR count). The largest absolute Gasteiger partial charge is 0.328 e. The van der Waals surface area contributed by atoms with Crippen molar-refractivity contribution in [2.75, 3.05) is 5.75 Å². The average molecular weight is 274 g/mol. The Hall–Kier alpha value is -0.960. The van der Waals surface area contributed by atoms with Crippen LogP contribution in [0.2, 0.25) is 0 Å². The smallest absolute Gasteiger partial charge is 0.106 e. The lowest BCUT2D eigenvalue weighted by atomic mass is 9.75. The van der Waals surface area contributed by atoms with Gasteiger partial charge in [0.05, 0.1) is 11.0 Å². The summed E-state index contributed by atoms with van der Waals surface area (Å²) in [5.41, 5.74) is 2.76. The maximum atomic E-state index is 4.68. The zero-order valence-corrected chi connectivity index (χ0v) is 12.5. The fourth-order valence-electron chi connectivity index (χ4n) is 3.40. The van der Waals surface area contributed by atoms with Gasteiger partial charge in [0.2, 0.25) is 0 Å². The number of para-hydroxylation sites is 2. The molecule has 1 aliphatic carbocycles. The van der Waals surface area contributed by atoms with Gasteiger partial charge >= 0.3 is 0 Å². The first kappa shape index (κ1) is 13.0. The van der Waals surface area contributed by atoms with Crippen molar-refractivity contribution in [3.05, 3.63) is 30.1 Å². The van der Waals surface area contributed by atoms with E-state index in [0.29, 0.717) is 5.41 Å². The third kappa shape index (κ3) is 2.40. The first-order valence-corrected chi connectivity index (χ1v) is 7.90. The van der Waals surface area contributed by atoms with Crippen LogP contribution in [0.1, 0.15) is 37.9 Å². The molecule has 1 fully saturated rings. The molecule has 1 aromatic heterocycles. The van der Waals surface area contributed by atoms with Gasteiger partial charge in [-0.1, -0.05) is 31.4 Å². The van der Waals surface area contributed by atoms with Crippen molar-refractivity contribution < 1.29 is 0 Å². The number of fused-ring (bicyclic) bond motifs is 1. The van der Waals surface area contributed by atoms with Crippen LogP contribution in [0.3, 0.4) is 0 Å². The summed E-state index contributed by atoms with van der Waals surface area (Å²) in [4.78, 5) is 4.68. The first-order valence-electron chi connectivity index (χ1n) is 7.27. The molecule has 102 valence electrons. The molecule has 1 aromatic carbocycles. The van der Waals surface area contributed by atoms with Gasteiger partial charge in [-0.25, -0.2) is 4.98 Å². The van der Waals surface area contributed by atoms with Gasteiger partial charge in [0.15, 0.2) is 0 Å². The maximum absolute atomic E-state index is 4.68. The van der Waals surface area contributed by atoms with E-state index in [1.165, 1.54) is 37.6 Å². The molecule has 1 aliphatic rings. The van der Waals surface area contributed by atoms with E-state index in [0.717, 1.165) is 23.6 Å². The van der Waals surface area contributed by atoms with Gasteiger partial charge in [0, 0.05) is 6.54 Å². The van der Waals surface area contributed by atoms with Gasteiger partial charge < -0.3 is 4.57 Å². The second-order valence-electron chi connectivity index (χ2n) is 5.95. The van der Waals surface area contributed by atoms with E-state index in [2.05, 4.69) is 53.4 Å². The predicted molar refractivity (Wildman–Crippen MR) is 83.8 cm³/mol. The maximum Gasteiger partial charge on any atom is 0.106 e.